The number of furan rings is 1. The first-order valence-corrected chi connectivity index (χ1v) is 10.3. The molecule has 3 aromatic heterocycles. The van der Waals surface area contributed by atoms with Crippen LogP contribution in [0.3, 0.4) is 0 Å². The van der Waals surface area contributed by atoms with E-state index < -0.39 is 16.7 Å². The van der Waals surface area contributed by atoms with Crippen LogP contribution in [-0.2, 0) is 6.54 Å². The highest BCUT2D eigenvalue weighted by Crippen LogP contribution is 2.26. The molecule has 160 valence electrons. The number of carbonyl (C=O) groups is 1. The summed E-state index contributed by atoms with van der Waals surface area (Å²) in [5.41, 5.74) is 0.666. The predicted molar refractivity (Wildman–Crippen MR) is 113 cm³/mol. The number of rotatable bonds is 9. The molecule has 0 aliphatic rings. The fourth-order valence-electron chi connectivity index (χ4n) is 2.66. The smallest absolute Gasteiger partial charge is 0.395 e. The van der Waals surface area contributed by atoms with Crippen LogP contribution < -0.4 is 10.6 Å². The number of hydrogen-bond acceptors (Lipinski definition) is 9. The number of anilines is 1. The van der Waals surface area contributed by atoms with Crippen LogP contribution in [0.2, 0.25) is 0 Å². The maximum absolute atomic E-state index is 12.1. The summed E-state index contributed by atoms with van der Waals surface area (Å²) in [4.78, 5) is 31.3. The van der Waals surface area contributed by atoms with Gasteiger partial charge >= 0.3 is 5.88 Å². The second-order valence-corrected chi connectivity index (χ2v) is 8.62. The lowest BCUT2D eigenvalue weighted by molar-refractivity contribution is -0.402. The summed E-state index contributed by atoms with van der Waals surface area (Å²) in [7, 11) is 0. The second kappa shape index (κ2) is 9.11. The standard InChI is InChI=1S/C18H23N7O4S/c1-10(2)21-15-12-9-20-24(16(12)23-18(22-15)30-11(3)4)8-7-19-17(26)13-5-6-14(29-13)25(27)28/h5-6,9-11H,7-8H2,1-4H3,(H,19,26)(H,21,22,23). The molecule has 30 heavy (non-hydrogen) atoms. The Kier molecular flexibility index (Phi) is 6.55. The second-order valence-electron chi connectivity index (χ2n) is 7.08. The van der Waals surface area contributed by atoms with E-state index in [1.54, 1.807) is 22.6 Å². The first kappa shape index (κ1) is 21.6. The molecule has 11 nitrogen and oxygen atoms in total. The number of nitro groups is 1. The third-order valence-corrected chi connectivity index (χ3v) is 4.71. The monoisotopic (exact) mass is 433 g/mol. The van der Waals surface area contributed by atoms with Gasteiger partial charge in [0, 0.05) is 17.8 Å². The van der Waals surface area contributed by atoms with E-state index in [1.807, 2.05) is 13.8 Å². The van der Waals surface area contributed by atoms with Crippen LogP contribution in [0.4, 0.5) is 11.7 Å². The molecule has 0 fully saturated rings. The summed E-state index contributed by atoms with van der Waals surface area (Å²) >= 11 is 1.56. The topological polar surface area (TPSA) is 141 Å². The number of nitrogens with zero attached hydrogens (tertiary/aromatic N) is 5. The van der Waals surface area contributed by atoms with Gasteiger partial charge in [0.15, 0.2) is 16.6 Å². The van der Waals surface area contributed by atoms with E-state index in [4.69, 9.17) is 4.42 Å². The van der Waals surface area contributed by atoms with Crippen molar-refractivity contribution in [2.24, 2.45) is 0 Å². The zero-order chi connectivity index (χ0) is 21.8. The first-order chi connectivity index (χ1) is 14.2. The van der Waals surface area contributed by atoms with Crippen LogP contribution in [0.15, 0.2) is 27.9 Å². The zero-order valence-corrected chi connectivity index (χ0v) is 17.9. The molecule has 3 heterocycles. The lowest BCUT2D eigenvalue weighted by Gasteiger charge is -2.12. The Balaban J connectivity index is 1.75. The van der Waals surface area contributed by atoms with E-state index in [-0.39, 0.29) is 18.3 Å². The van der Waals surface area contributed by atoms with Crippen LogP contribution >= 0.6 is 11.8 Å². The minimum Gasteiger partial charge on any atom is -0.395 e. The van der Waals surface area contributed by atoms with E-state index in [2.05, 4.69) is 39.5 Å². The largest absolute Gasteiger partial charge is 0.433 e. The quantitative estimate of drug-likeness (QED) is 0.225. The van der Waals surface area contributed by atoms with Gasteiger partial charge in [-0.3, -0.25) is 14.9 Å². The van der Waals surface area contributed by atoms with E-state index >= 15 is 0 Å². The molecule has 3 aromatic rings. The Morgan fingerprint density at radius 1 is 1.30 bits per heavy atom. The van der Waals surface area contributed by atoms with Gasteiger partial charge in [-0.15, -0.1) is 0 Å². The fourth-order valence-corrected chi connectivity index (χ4v) is 3.36. The van der Waals surface area contributed by atoms with E-state index in [1.165, 1.54) is 6.07 Å². The average molecular weight is 433 g/mol. The molecule has 0 spiro atoms. The zero-order valence-electron chi connectivity index (χ0n) is 17.1. The van der Waals surface area contributed by atoms with Crippen LogP contribution in [-0.4, -0.2) is 48.4 Å². The van der Waals surface area contributed by atoms with Crippen molar-refractivity contribution in [1.29, 1.82) is 0 Å². The highest BCUT2D eigenvalue weighted by molar-refractivity contribution is 7.99. The van der Waals surface area contributed by atoms with Gasteiger partial charge in [-0.2, -0.15) is 5.10 Å². The summed E-state index contributed by atoms with van der Waals surface area (Å²) in [6.45, 7) is 8.80. The van der Waals surface area contributed by atoms with Crippen LogP contribution in [0.25, 0.3) is 11.0 Å². The molecule has 12 heteroatoms. The van der Waals surface area contributed by atoms with Crippen molar-refractivity contribution in [3.63, 3.8) is 0 Å². The molecular weight excluding hydrogens is 410 g/mol. The molecule has 3 rings (SSSR count). The van der Waals surface area contributed by atoms with Crippen molar-refractivity contribution in [1.82, 2.24) is 25.1 Å². The molecule has 0 aliphatic heterocycles. The third-order valence-electron chi connectivity index (χ3n) is 3.85. The highest BCUT2D eigenvalue weighted by Gasteiger charge is 2.18. The number of aromatic nitrogens is 4. The number of fused-ring (bicyclic) bond motifs is 1. The summed E-state index contributed by atoms with van der Waals surface area (Å²) in [5.74, 6) is -0.410. The lowest BCUT2D eigenvalue weighted by atomic mass is 10.3. The Labute approximate surface area is 176 Å². The van der Waals surface area contributed by atoms with E-state index in [0.29, 0.717) is 22.6 Å². The molecule has 1 amide bonds. The molecule has 0 unspecified atom stereocenters. The van der Waals surface area contributed by atoms with Crippen LogP contribution in [0, 0.1) is 10.1 Å². The van der Waals surface area contributed by atoms with Crippen LogP contribution in [0.1, 0.15) is 38.2 Å². The van der Waals surface area contributed by atoms with Gasteiger partial charge in [0.1, 0.15) is 10.7 Å². The molecule has 0 atom stereocenters. The molecular formula is C18H23N7O4S. The van der Waals surface area contributed by atoms with Crippen molar-refractivity contribution in [3.05, 3.63) is 34.2 Å². The molecule has 0 aliphatic carbocycles. The highest BCUT2D eigenvalue weighted by atomic mass is 32.2. The Morgan fingerprint density at radius 2 is 2.07 bits per heavy atom. The molecule has 2 N–H and O–H groups in total. The lowest BCUT2D eigenvalue weighted by Crippen LogP contribution is -2.27. The van der Waals surface area contributed by atoms with Gasteiger partial charge in [-0.05, 0) is 19.9 Å². The third kappa shape index (κ3) is 5.06. The number of nitrogens with one attached hydrogen (secondary N) is 2. The molecule has 0 aromatic carbocycles. The Morgan fingerprint density at radius 3 is 2.70 bits per heavy atom. The van der Waals surface area contributed by atoms with Gasteiger partial charge in [0.05, 0.1) is 24.2 Å². The number of amides is 1. The van der Waals surface area contributed by atoms with Crippen molar-refractivity contribution < 1.29 is 14.1 Å². The molecule has 0 saturated heterocycles. The van der Waals surface area contributed by atoms with Gasteiger partial charge in [-0.25, -0.2) is 14.6 Å². The maximum Gasteiger partial charge on any atom is 0.433 e. The normalized spacial score (nSPS) is 11.4. The molecule has 0 bridgehead atoms. The molecule has 0 saturated carbocycles. The van der Waals surface area contributed by atoms with Crippen molar-refractivity contribution in [2.75, 3.05) is 11.9 Å². The van der Waals surface area contributed by atoms with Gasteiger partial charge in [0.25, 0.3) is 5.91 Å². The minimum absolute atomic E-state index is 0.117. The number of thioether (sulfide) groups is 1. The van der Waals surface area contributed by atoms with E-state index in [0.717, 1.165) is 17.3 Å². The summed E-state index contributed by atoms with van der Waals surface area (Å²) in [5, 5.41) is 22.8. The van der Waals surface area contributed by atoms with Crippen molar-refractivity contribution >= 4 is 40.4 Å². The summed E-state index contributed by atoms with van der Waals surface area (Å²) in [6, 6.07) is 2.60. The minimum atomic E-state index is -0.693. The van der Waals surface area contributed by atoms with Crippen molar-refractivity contribution in [2.45, 2.75) is 50.7 Å². The SMILES string of the molecule is CC(C)Nc1nc(SC(C)C)nc2c1cnn2CCNC(=O)c1ccc([N+](=O)[O-])o1. The summed E-state index contributed by atoms with van der Waals surface area (Å²) in [6.07, 6.45) is 1.70. The Bertz CT molecular complexity index is 1060. The van der Waals surface area contributed by atoms with E-state index in [9.17, 15) is 14.9 Å². The number of carbonyl (C=O) groups excluding carboxylic acids is 1. The average Bonchev–Trinajstić information content (AvgIpc) is 3.28. The number of hydrogen-bond donors (Lipinski definition) is 2. The van der Waals surface area contributed by atoms with Crippen LogP contribution in [0.5, 0.6) is 0 Å². The fraction of sp³-hybridized carbons (Fsp3) is 0.444. The summed E-state index contributed by atoms with van der Waals surface area (Å²) < 4.78 is 6.60. The van der Waals surface area contributed by atoms with Gasteiger partial charge in [-0.1, -0.05) is 25.6 Å². The maximum atomic E-state index is 12.1. The first-order valence-electron chi connectivity index (χ1n) is 9.43. The predicted octanol–water partition coefficient (Wildman–Crippen LogP) is 3.08. The van der Waals surface area contributed by atoms with Crippen molar-refractivity contribution in [3.8, 4) is 0 Å². The Hall–Kier alpha value is -3.15. The molecule has 0 radical (unpaired) electrons. The van der Waals surface area contributed by atoms with Gasteiger partial charge < -0.3 is 15.1 Å². The van der Waals surface area contributed by atoms with Gasteiger partial charge in [0.2, 0.25) is 0 Å².